The first-order chi connectivity index (χ1) is 25.9. The van der Waals surface area contributed by atoms with Crippen LogP contribution < -0.4 is 20.7 Å². The number of methoxy groups -OCH3 is 2. The Morgan fingerprint density at radius 1 is 0.926 bits per heavy atom. The van der Waals surface area contributed by atoms with E-state index in [0.29, 0.717) is 11.5 Å². The lowest BCUT2D eigenvalue weighted by molar-refractivity contribution is -0.106. The third-order valence-electron chi connectivity index (χ3n) is 9.32. The van der Waals surface area contributed by atoms with E-state index in [1.165, 1.54) is 19.2 Å². The summed E-state index contributed by atoms with van der Waals surface area (Å²) >= 11 is 0. The van der Waals surface area contributed by atoms with E-state index < -0.39 is 49.4 Å². The summed E-state index contributed by atoms with van der Waals surface area (Å²) in [5, 5.41) is 21.7. The Morgan fingerprint density at radius 3 is 1.98 bits per heavy atom. The quantitative estimate of drug-likeness (QED) is 0.0754. The monoisotopic (exact) mass is 760 g/mol. The Morgan fingerprint density at radius 2 is 1.48 bits per heavy atom. The second-order valence-electron chi connectivity index (χ2n) is 13.7. The molecule has 14 heteroatoms. The lowest BCUT2D eigenvalue weighted by atomic mass is 9.80. The molecule has 0 saturated carbocycles. The minimum absolute atomic E-state index is 0.0337. The lowest BCUT2D eigenvalue weighted by Crippen LogP contribution is -2.49. The fourth-order valence-corrected chi connectivity index (χ4v) is 8.67. The van der Waals surface area contributed by atoms with Crippen LogP contribution in [0.1, 0.15) is 64.0 Å². The largest absolute Gasteiger partial charge is 0.497 e. The highest BCUT2D eigenvalue weighted by Crippen LogP contribution is 2.53. The van der Waals surface area contributed by atoms with E-state index in [4.69, 9.17) is 28.0 Å². The van der Waals surface area contributed by atoms with Gasteiger partial charge in [0.25, 0.3) is 14.1 Å². The number of aliphatic hydroxyl groups is 1. The molecule has 1 aliphatic rings. The number of ether oxygens (including phenoxy) is 4. The summed E-state index contributed by atoms with van der Waals surface area (Å²) in [4.78, 5) is 27.5. The highest BCUT2D eigenvalue weighted by molar-refractivity contribution is 7.44. The zero-order valence-electron chi connectivity index (χ0n) is 31.7. The van der Waals surface area contributed by atoms with E-state index >= 15 is 0 Å². The first-order valence-electron chi connectivity index (χ1n) is 17.8. The van der Waals surface area contributed by atoms with Gasteiger partial charge in [-0.3, -0.25) is 14.3 Å². The third kappa shape index (κ3) is 8.61. The van der Waals surface area contributed by atoms with Gasteiger partial charge in [-0.05, 0) is 75.6 Å². The van der Waals surface area contributed by atoms with E-state index in [2.05, 4.69) is 11.1 Å². The topological polar surface area (TPSA) is 158 Å². The first-order valence-corrected chi connectivity index (χ1v) is 18.9. The Kier molecular flexibility index (Phi) is 13.5. The van der Waals surface area contributed by atoms with Gasteiger partial charge in [-0.15, -0.1) is 0 Å². The van der Waals surface area contributed by atoms with Crippen LogP contribution in [0.4, 0.5) is 0 Å². The van der Waals surface area contributed by atoms with Gasteiger partial charge in [-0.25, -0.2) is 9.46 Å². The number of H-pyrrole nitrogens is 1. The molecule has 1 saturated heterocycles. The highest BCUT2D eigenvalue weighted by atomic mass is 31.2. The number of aromatic amines is 1. The van der Waals surface area contributed by atoms with E-state index in [0.717, 1.165) is 21.3 Å². The van der Waals surface area contributed by atoms with Crippen molar-refractivity contribution < 1.29 is 33.1 Å². The minimum atomic E-state index is -1.88. The van der Waals surface area contributed by atoms with Crippen LogP contribution in [-0.4, -0.2) is 76.7 Å². The second-order valence-corrected chi connectivity index (χ2v) is 15.1. The molecule has 0 spiro atoms. The van der Waals surface area contributed by atoms with E-state index in [1.807, 2.05) is 111 Å². The first kappa shape index (κ1) is 40.8. The summed E-state index contributed by atoms with van der Waals surface area (Å²) in [6, 6.07) is 28.1. The summed E-state index contributed by atoms with van der Waals surface area (Å²) in [5.41, 5.74) is -2.07. The maximum Gasteiger partial charge on any atom is 0.330 e. The van der Waals surface area contributed by atoms with Crippen LogP contribution in [0.3, 0.4) is 0 Å². The zero-order valence-corrected chi connectivity index (χ0v) is 32.6. The standard InChI is InChI=1S/C40H49N4O9P/c1-27(2)44(28(3)4)54(51-25-11-23-41)53-36-34(52-37(39(36,5)47)43-24-22-35(45)42-38(43)46)26-50-40(29-12-9-8-10-13-29,30-14-18-32(48-6)19-15-30)31-16-20-33(49-7)21-17-31/h8-10,12-22,24,27-28,34,36-37,47H,11,25-26H2,1-7H3,(H,42,45,46)/t34-,36-,37-,39-,54?/m1/s1. The number of hydrogen-bond acceptors (Lipinski definition) is 11. The molecule has 0 radical (unpaired) electrons. The van der Waals surface area contributed by atoms with Crippen LogP contribution >= 0.6 is 8.53 Å². The van der Waals surface area contributed by atoms with Gasteiger partial charge in [0, 0.05) is 24.3 Å². The summed E-state index contributed by atoms with van der Waals surface area (Å²) < 4.78 is 41.0. The molecule has 0 bridgehead atoms. The molecule has 54 heavy (non-hydrogen) atoms. The fourth-order valence-electron chi connectivity index (χ4n) is 6.82. The fraction of sp³-hybridized carbons (Fsp3) is 0.425. The average Bonchev–Trinajstić information content (AvgIpc) is 3.40. The molecule has 13 nitrogen and oxygen atoms in total. The predicted molar refractivity (Wildman–Crippen MR) is 204 cm³/mol. The molecule has 2 N–H and O–H groups in total. The Labute approximate surface area is 316 Å². The molecule has 5 atom stereocenters. The molecule has 5 rings (SSSR count). The van der Waals surface area contributed by atoms with E-state index in [1.54, 1.807) is 14.2 Å². The van der Waals surface area contributed by atoms with Crippen LogP contribution in [0, 0.1) is 11.3 Å². The van der Waals surface area contributed by atoms with Gasteiger partial charge in [-0.1, -0.05) is 54.6 Å². The number of benzene rings is 3. The summed E-state index contributed by atoms with van der Waals surface area (Å²) in [6.45, 7) is 9.52. The molecule has 1 unspecified atom stereocenters. The Bertz CT molecular complexity index is 1910. The third-order valence-corrected chi connectivity index (χ3v) is 11.4. The number of nitrogens with one attached hydrogen (secondary N) is 1. The number of nitriles is 1. The molecule has 1 aromatic heterocycles. The van der Waals surface area contributed by atoms with Gasteiger partial charge in [0.15, 0.2) is 6.23 Å². The maximum atomic E-state index is 13.2. The number of hydrogen-bond donors (Lipinski definition) is 2. The van der Waals surface area contributed by atoms with E-state index in [9.17, 15) is 20.0 Å². The van der Waals surface area contributed by atoms with Gasteiger partial charge >= 0.3 is 5.69 Å². The van der Waals surface area contributed by atoms with Crippen LogP contribution in [0.5, 0.6) is 11.5 Å². The predicted octanol–water partition coefficient (Wildman–Crippen LogP) is 5.87. The molecule has 0 aliphatic carbocycles. The second kappa shape index (κ2) is 17.8. The molecular weight excluding hydrogens is 711 g/mol. The van der Waals surface area contributed by atoms with Crippen molar-refractivity contribution in [2.45, 2.75) is 82.8 Å². The zero-order chi connectivity index (χ0) is 39.0. The van der Waals surface area contributed by atoms with Crippen molar-refractivity contribution in [3.05, 3.63) is 129 Å². The van der Waals surface area contributed by atoms with E-state index in [-0.39, 0.29) is 31.7 Å². The molecule has 2 heterocycles. The van der Waals surface area contributed by atoms with Crippen molar-refractivity contribution in [2.24, 2.45) is 0 Å². The maximum absolute atomic E-state index is 13.2. The van der Waals surface area contributed by atoms with Crippen LogP contribution in [0.2, 0.25) is 0 Å². The smallest absolute Gasteiger partial charge is 0.330 e. The Balaban J connectivity index is 1.65. The van der Waals surface area contributed by atoms with Crippen molar-refractivity contribution in [3.63, 3.8) is 0 Å². The molecular formula is C40H49N4O9P. The van der Waals surface area contributed by atoms with Gasteiger partial charge < -0.3 is 33.1 Å². The number of rotatable bonds is 17. The number of aromatic nitrogens is 2. The Hall–Kier alpha value is -4.38. The summed E-state index contributed by atoms with van der Waals surface area (Å²) in [5.74, 6) is 1.33. The van der Waals surface area contributed by atoms with Crippen LogP contribution in [-0.2, 0) is 24.1 Å². The van der Waals surface area contributed by atoms with Crippen molar-refractivity contribution in [1.82, 2.24) is 14.2 Å². The van der Waals surface area contributed by atoms with Crippen molar-refractivity contribution in [2.75, 3.05) is 27.4 Å². The van der Waals surface area contributed by atoms with Gasteiger partial charge in [0.05, 0.1) is 39.9 Å². The van der Waals surface area contributed by atoms with Crippen molar-refractivity contribution in [1.29, 1.82) is 5.26 Å². The van der Waals surface area contributed by atoms with Crippen molar-refractivity contribution >= 4 is 8.53 Å². The summed E-state index contributed by atoms with van der Waals surface area (Å²) in [6.07, 6.45) is -2.00. The molecule has 3 aromatic carbocycles. The van der Waals surface area contributed by atoms with Crippen LogP contribution in [0.15, 0.2) is 101 Å². The molecule has 1 aliphatic heterocycles. The number of nitrogens with zero attached hydrogens (tertiary/aromatic N) is 3. The van der Waals surface area contributed by atoms with Gasteiger partial charge in [0.1, 0.15) is 34.9 Å². The normalized spacial score (nSPS) is 20.7. The van der Waals surface area contributed by atoms with Gasteiger partial charge in [-0.2, -0.15) is 5.26 Å². The molecule has 0 amide bonds. The lowest BCUT2D eigenvalue weighted by Gasteiger charge is -2.40. The highest BCUT2D eigenvalue weighted by Gasteiger charge is 2.57. The summed E-state index contributed by atoms with van der Waals surface area (Å²) in [7, 11) is 1.33. The van der Waals surface area contributed by atoms with Crippen LogP contribution in [0.25, 0.3) is 0 Å². The molecule has 1 fully saturated rings. The molecule has 4 aromatic rings. The molecule has 288 valence electrons. The van der Waals surface area contributed by atoms with Crippen molar-refractivity contribution in [3.8, 4) is 17.6 Å². The SMILES string of the molecule is COc1ccc(C(OC[C@H]2O[C@@H](n3ccc(=O)[nH]c3=O)[C@](C)(O)[C@@H]2OP(OCCC#N)N(C(C)C)C(C)C)(c2ccccc2)c2ccc(OC)cc2)cc1. The minimum Gasteiger partial charge on any atom is -0.497 e. The average molecular weight is 761 g/mol. The van der Waals surface area contributed by atoms with Gasteiger partial charge in [0.2, 0.25) is 0 Å².